The van der Waals surface area contributed by atoms with Crippen LogP contribution in [-0.4, -0.2) is 10.2 Å². The van der Waals surface area contributed by atoms with Gasteiger partial charge < -0.3 is 10.2 Å². The van der Waals surface area contributed by atoms with Gasteiger partial charge in [-0.15, -0.1) is 26.0 Å². The van der Waals surface area contributed by atoms with Crippen LogP contribution in [0.15, 0.2) is 110 Å². The van der Waals surface area contributed by atoms with E-state index in [-0.39, 0.29) is 26.2 Å². The molecule has 0 bridgehead atoms. The van der Waals surface area contributed by atoms with Gasteiger partial charge in [0, 0.05) is 0 Å². The largest absolute Gasteiger partial charge is 2.00 e. The van der Waals surface area contributed by atoms with E-state index < -0.39 is 0 Å². The zero-order valence-corrected chi connectivity index (χ0v) is 20.3. The molecular weight excluding hydrogens is 460 g/mol. The molecule has 0 amide bonds. The van der Waals surface area contributed by atoms with E-state index in [1.807, 2.05) is 60.7 Å². The first-order chi connectivity index (χ1) is 14.7. The van der Waals surface area contributed by atoms with Gasteiger partial charge >= 0.3 is 26.2 Å². The van der Waals surface area contributed by atoms with Crippen molar-refractivity contribution >= 4 is 0 Å². The molecule has 2 aliphatic carbocycles. The molecule has 3 heteroatoms. The number of phenolic OH excluding ortho intramolecular Hbond substituents is 2. The maximum atomic E-state index is 8.90. The Morgan fingerprint density at radius 3 is 1.23 bits per heavy atom. The Kier molecular flexibility index (Phi) is 17.7. The summed E-state index contributed by atoms with van der Waals surface area (Å²) in [4.78, 5) is 0. The number of rotatable bonds is 4. The summed E-state index contributed by atoms with van der Waals surface area (Å²) in [6, 6.07) is 14.3. The van der Waals surface area contributed by atoms with Gasteiger partial charge in [-0.3, -0.25) is 12.2 Å². The van der Waals surface area contributed by atoms with Crippen LogP contribution in [0.3, 0.4) is 0 Å². The summed E-state index contributed by atoms with van der Waals surface area (Å²) in [7, 11) is 0. The molecule has 0 saturated carbocycles. The Bertz CT molecular complexity index is 748. The number of hydrogen-bond acceptors (Lipinski definition) is 2. The van der Waals surface area contributed by atoms with Gasteiger partial charge in [-0.05, 0) is 48.2 Å². The first-order valence-electron chi connectivity index (χ1n) is 9.86. The van der Waals surface area contributed by atoms with Gasteiger partial charge in [0.15, 0.2) is 0 Å². The first-order valence-corrected chi connectivity index (χ1v) is 9.86. The van der Waals surface area contributed by atoms with Gasteiger partial charge in [-0.25, -0.2) is 24.3 Å². The molecule has 2 nitrogen and oxygen atoms in total. The van der Waals surface area contributed by atoms with Crippen LogP contribution in [0, 0.1) is 12.2 Å². The summed E-state index contributed by atoms with van der Waals surface area (Å²) in [5.74, 6) is 0.626. The van der Waals surface area contributed by atoms with Crippen molar-refractivity contribution in [1.29, 1.82) is 0 Å². The molecule has 0 fully saturated rings. The molecule has 0 radical (unpaired) electrons. The van der Waals surface area contributed by atoms with Crippen molar-refractivity contribution in [3.63, 3.8) is 0 Å². The fourth-order valence-corrected chi connectivity index (χ4v) is 2.28. The Morgan fingerprint density at radius 2 is 1.03 bits per heavy atom. The maximum absolute atomic E-state index is 8.90. The van der Waals surface area contributed by atoms with E-state index in [0.29, 0.717) is 11.5 Å². The molecule has 0 heterocycles. The van der Waals surface area contributed by atoms with Crippen LogP contribution in [0.2, 0.25) is 0 Å². The minimum atomic E-state index is 0. The molecule has 0 atom stereocenters. The molecule has 2 aromatic rings. The third kappa shape index (κ3) is 15.8. The molecule has 0 unspecified atom stereocenters. The number of hydrogen-bond donors (Lipinski definition) is 2. The zero-order chi connectivity index (χ0) is 21.9. The molecule has 31 heavy (non-hydrogen) atoms. The third-order valence-electron chi connectivity index (χ3n) is 3.80. The molecule has 0 aliphatic heterocycles. The van der Waals surface area contributed by atoms with E-state index in [9.17, 15) is 0 Å². The molecule has 2 N–H and O–H groups in total. The Morgan fingerprint density at radius 1 is 0.677 bits per heavy atom. The zero-order valence-electron chi connectivity index (χ0n) is 17.9. The normalized spacial score (nSPS) is 11.6. The SMILES string of the molecule is C=CCc1ccc(O)cc1.C=CCc1ccc(O)cc1.[C-]1=CC=CC1.[C-]1=CC=CC1.[Zr+2]. The van der Waals surface area contributed by atoms with E-state index in [1.165, 1.54) is 11.1 Å². The minimum Gasteiger partial charge on any atom is -0.508 e. The Balaban J connectivity index is 0.000000401. The van der Waals surface area contributed by atoms with Crippen LogP contribution >= 0.6 is 0 Å². The summed E-state index contributed by atoms with van der Waals surface area (Å²) >= 11 is 0. The van der Waals surface area contributed by atoms with Gasteiger partial charge in [0.05, 0.1) is 0 Å². The van der Waals surface area contributed by atoms with Crippen molar-refractivity contribution in [2.45, 2.75) is 25.7 Å². The van der Waals surface area contributed by atoms with Crippen molar-refractivity contribution in [2.24, 2.45) is 0 Å². The van der Waals surface area contributed by atoms with Crippen molar-refractivity contribution < 1.29 is 36.4 Å². The quantitative estimate of drug-likeness (QED) is 0.364. The third-order valence-corrected chi connectivity index (χ3v) is 3.80. The van der Waals surface area contributed by atoms with Crippen molar-refractivity contribution in [2.75, 3.05) is 0 Å². The molecule has 158 valence electrons. The smallest absolute Gasteiger partial charge is 0.508 e. The number of benzene rings is 2. The molecule has 2 aliphatic rings. The van der Waals surface area contributed by atoms with Gasteiger partial charge in [-0.2, -0.15) is 12.2 Å². The van der Waals surface area contributed by atoms with Crippen LogP contribution < -0.4 is 0 Å². The van der Waals surface area contributed by atoms with Gasteiger partial charge in [0.25, 0.3) is 0 Å². The predicted molar refractivity (Wildman–Crippen MR) is 127 cm³/mol. The minimum absolute atomic E-state index is 0. The van der Waals surface area contributed by atoms with E-state index in [4.69, 9.17) is 10.2 Å². The topological polar surface area (TPSA) is 40.5 Å². The number of allylic oxidation sites excluding steroid dienone is 10. The average Bonchev–Trinajstić information content (AvgIpc) is 3.52. The molecular formula is C28H30O2Zr. The predicted octanol–water partition coefficient (Wildman–Crippen LogP) is 6.85. The second-order valence-electron chi connectivity index (χ2n) is 6.32. The summed E-state index contributed by atoms with van der Waals surface area (Å²) in [5.41, 5.74) is 2.35. The number of aromatic hydroxyl groups is 2. The second-order valence-corrected chi connectivity index (χ2v) is 6.32. The maximum Gasteiger partial charge on any atom is 2.00 e. The fraction of sp³-hybridized carbons (Fsp3) is 0.143. The summed E-state index contributed by atoms with van der Waals surface area (Å²) in [6.45, 7) is 7.23. The van der Waals surface area contributed by atoms with Crippen LogP contribution in [0.4, 0.5) is 0 Å². The molecule has 0 saturated heterocycles. The summed E-state index contributed by atoms with van der Waals surface area (Å²) in [5, 5.41) is 17.8. The fourth-order valence-electron chi connectivity index (χ4n) is 2.28. The van der Waals surface area contributed by atoms with E-state index >= 15 is 0 Å². The number of phenols is 2. The monoisotopic (exact) mass is 488 g/mol. The van der Waals surface area contributed by atoms with Crippen molar-refractivity contribution in [1.82, 2.24) is 0 Å². The molecule has 0 aromatic heterocycles. The molecule has 2 aromatic carbocycles. The summed E-state index contributed by atoms with van der Waals surface area (Å²) < 4.78 is 0. The van der Waals surface area contributed by atoms with Gasteiger partial charge in [0.1, 0.15) is 11.5 Å². The summed E-state index contributed by atoms with van der Waals surface area (Å²) in [6.07, 6.45) is 25.4. The van der Waals surface area contributed by atoms with Gasteiger partial charge in [-0.1, -0.05) is 36.4 Å². The van der Waals surface area contributed by atoms with E-state index in [1.54, 1.807) is 24.3 Å². The molecule has 4 rings (SSSR count). The van der Waals surface area contributed by atoms with Gasteiger partial charge in [0.2, 0.25) is 0 Å². The first kappa shape index (κ1) is 28.4. The van der Waals surface area contributed by atoms with Crippen molar-refractivity contribution in [3.8, 4) is 11.5 Å². The van der Waals surface area contributed by atoms with E-state index in [2.05, 4.69) is 37.5 Å². The van der Waals surface area contributed by atoms with E-state index in [0.717, 1.165) is 25.7 Å². The molecule has 0 spiro atoms. The van der Waals surface area contributed by atoms with Crippen LogP contribution in [0.1, 0.15) is 24.0 Å². The van der Waals surface area contributed by atoms with Crippen LogP contribution in [0.25, 0.3) is 0 Å². The Labute approximate surface area is 206 Å². The van der Waals surface area contributed by atoms with Crippen LogP contribution in [-0.2, 0) is 39.0 Å². The van der Waals surface area contributed by atoms with Crippen molar-refractivity contribution in [3.05, 3.63) is 134 Å². The van der Waals surface area contributed by atoms with Crippen LogP contribution in [0.5, 0.6) is 11.5 Å². The second kappa shape index (κ2) is 19.3. The Hall–Kier alpha value is -2.64. The average molecular weight is 490 g/mol. The standard InChI is InChI=1S/2C9H10O.2C5H5.Zr/c2*1-2-3-8-4-6-9(10)7-5-8;2*1-2-4-5-3-1;/h2*2,4-7,10H,1,3H2;2*1-3H,4H2;/q;;2*-1;+2.